The van der Waals surface area contributed by atoms with Gasteiger partial charge in [-0.3, -0.25) is 19.5 Å². The molecule has 1 aromatic heterocycles. The largest absolute Gasteiger partial charge is 0.495 e. The maximum absolute atomic E-state index is 13.0. The second-order valence-electron chi connectivity index (χ2n) is 9.24. The van der Waals surface area contributed by atoms with Gasteiger partial charge in [-0.1, -0.05) is 18.7 Å². The average molecular weight is 447 g/mol. The Balaban J connectivity index is 1.21. The lowest BCUT2D eigenvalue weighted by atomic mass is 9.88. The van der Waals surface area contributed by atoms with Gasteiger partial charge in [-0.25, -0.2) is 0 Å². The smallest absolute Gasteiger partial charge is 0.255 e. The fourth-order valence-electron chi connectivity index (χ4n) is 5.21. The van der Waals surface area contributed by atoms with Gasteiger partial charge >= 0.3 is 0 Å². The van der Waals surface area contributed by atoms with Gasteiger partial charge in [0.2, 0.25) is 5.91 Å². The van der Waals surface area contributed by atoms with Crippen LogP contribution in [0.1, 0.15) is 58.8 Å². The molecule has 4 heterocycles. The van der Waals surface area contributed by atoms with Gasteiger partial charge in [-0.2, -0.15) is 0 Å². The summed E-state index contributed by atoms with van der Waals surface area (Å²) in [6, 6.07) is 9.83. The number of pyridine rings is 1. The maximum Gasteiger partial charge on any atom is 0.255 e. The van der Waals surface area contributed by atoms with E-state index in [1.54, 1.807) is 18.2 Å². The highest BCUT2D eigenvalue weighted by Gasteiger charge is 2.38. The number of aromatic nitrogens is 1. The fraction of sp³-hybridized carbons (Fsp3) is 0.423. The summed E-state index contributed by atoms with van der Waals surface area (Å²) >= 11 is 0. The minimum absolute atomic E-state index is 0.0361. The van der Waals surface area contributed by atoms with Crippen molar-refractivity contribution in [2.24, 2.45) is 0 Å². The van der Waals surface area contributed by atoms with Crippen molar-refractivity contribution in [2.75, 3.05) is 20.2 Å². The highest BCUT2D eigenvalue weighted by atomic mass is 16.5. The minimum atomic E-state index is -0.409. The first-order valence-corrected chi connectivity index (χ1v) is 11.7. The molecule has 172 valence electrons. The molecule has 7 heteroatoms. The lowest BCUT2D eigenvalue weighted by Gasteiger charge is -2.32. The molecule has 3 aliphatic rings. The Morgan fingerprint density at radius 2 is 1.97 bits per heavy atom. The van der Waals surface area contributed by atoms with Gasteiger partial charge in [0.1, 0.15) is 11.8 Å². The average Bonchev–Trinajstić information content (AvgIpc) is 3.15. The number of carbonyl (C=O) groups excluding carboxylic acids is 2. The van der Waals surface area contributed by atoms with Crippen LogP contribution >= 0.6 is 0 Å². The van der Waals surface area contributed by atoms with Crippen molar-refractivity contribution < 1.29 is 14.3 Å². The van der Waals surface area contributed by atoms with E-state index in [-0.39, 0.29) is 11.8 Å². The second-order valence-corrected chi connectivity index (χ2v) is 9.24. The van der Waals surface area contributed by atoms with Crippen LogP contribution in [0.15, 0.2) is 48.8 Å². The van der Waals surface area contributed by atoms with E-state index in [1.165, 1.54) is 5.56 Å². The van der Waals surface area contributed by atoms with Gasteiger partial charge in [0, 0.05) is 24.4 Å². The molecule has 2 saturated heterocycles. The summed E-state index contributed by atoms with van der Waals surface area (Å²) in [6.45, 7) is 7.23. The summed E-state index contributed by atoms with van der Waals surface area (Å²) in [5, 5.41) is 2.80. The number of methoxy groups -OCH3 is 1. The van der Waals surface area contributed by atoms with Crippen molar-refractivity contribution in [2.45, 2.75) is 50.7 Å². The quantitative estimate of drug-likeness (QED) is 0.763. The molecule has 1 aromatic carbocycles. The van der Waals surface area contributed by atoms with E-state index < -0.39 is 6.04 Å². The number of benzene rings is 1. The van der Waals surface area contributed by atoms with E-state index >= 15 is 0 Å². The number of hydrogen-bond acceptors (Lipinski definition) is 5. The van der Waals surface area contributed by atoms with Crippen LogP contribution in [-0.4, -0.2) is 52.8 Å². The van der Waals surface area contributed by atoms with Crippen LogP contribution < -0.4 is 10.1 Å². The second kappa shape index (κ2) is 8.98. The van der Waals surface area contributed by atoms with Crippen LogP contribution in [0.4, 0.5) is 0 Å². The molecule has 2 amide bonds. The number of amides is 2. The molecule has 0 aliphatic carbocycles. The standard InChI is InChI=1S/C26H30N4O3/c1-17-3-8-24(25(31)28-17)30-15-20-13-19(4-7-23(20)26(30)32)18-9-11-29(12-10-18)16-21-5-6-22(33-2)14-27-21/h4-7,13-14,18,24H,1,3,8-12,15-16H2,2H3,(H,28,31). The third-order valence-electron chi connectivity index (χ3n) is 7.14. The molecule has 1 N–H and O–H groups in total. The van der Waals surface area contributed by atoms with E-state index in [4.69, 9.17) is 4.74 Å². The van der Waals surface area contributed by atoms with Crippen LogP contribution in [0.25, 0.3) is 0 Å². The van der Waals surface area contributed by atoms with Crippen molar-refractivity contribution >= 4 is 11.8 Å². The lowest BCUT2D eigenvalue weighted by Crippen LogP contribution is -2.49. The first kappa shape index (κ1) is 21.6. The molecule has 2 fully saturated rings. The molecular weight excluding hydrogens is 416 g/mol. The Bertz CT molecular complexity index is 1070. The summed E-state index contributed by atoms with van der Waals surface area (Å²) in [5.74, 6) is 1.11. The Morgan fingerprint density at radius 1 is 1.15 bits per heavy atom. The van der Waals surface area contributed by atoms with Crippen molar-refractivity contribution in [3.63, 3.8) is 0 Å². The molecule has 7 nitrogen and oxygen atoms in total. The van der Waals surface area contributed by atoms with Crippen LogP contribution in [0, 0.1) is 0 Å². The molecule has 0 saturated carbocycles. The number of nitrogens with one attached hydrogen (secondary N) is 1. The lowest BCUT2D eigenvalue weighted by molar-refractivity contribution is -0.126. The van der Waals surface area contributed by atoms with E-state index in [0.717, 1.165) is 60.7 Å². The molecule has 2 aromatic rings. The Morgan fingerprint density at radius 3 is 2.67 bits per heavy atom. The highest BCUT2D eigenvalue weighted by Crippen LogP contribution is 2.34. The first-order valence-electron chi connectivity index (χ1n) is 11.7. The highest BCUT2D eigenvalue weighted by molar-refractivity contribution is 6.01. The van der Waals surface area contributed by atoms with Gasteiger partial charge in [-0.15, -0.1) is 0 Å². The molecule has 1 atom stereocenters. The van der Waals surface area contributed by atoms with Crippen molar-refractivity contribution in [3.8, 4) is 5.75 Å². The zero-order valence-corrected chi connectivity index (χ0v) is 19.0. The molecular formula is C26H30N4O3. The predicted molar refractivity (Wildman–Crippen MR) is 125 cm³/mol. The number of fused-ring (bicyclic) bond motifs is 1. The number of ether oxygens (including phenoxy) is 1. The summed E-state index contributed by atoms with van der Waals surface area (Å²) in [6.07, 6.45) is 5.29. The van der Waals surface area contributed by atoms with Crippen molar-refractivity contribution in [1.29, 1.82) is 0 Å². The van der Waals surface area contributed by atoms with Gasteiger partial charge in [0.05, 0.1) is 19.0 Å². The first-order chi connectivity index (χ1) is 16.0. The molecule has 0 radical (unpaired) electrons. The number of likely N-dealkylation sites (tertiary alicyclic amines) is 1. The Kier molecular flexibility index (Phi) is 5.89. The topological polar surface area (TPSA) is 74.8 Å². The number of nitrogens with zero attached hydrogens (tertiary/aromatic N) is 3. The van der Waals surface area contributed by atoms with Crippen LogP contribution in [0.3, 0.4) is 0 Å². The molecule has 1 unspecified atom stereocenters. The zero-order valence-electron chi connectivity index (χ0n) is 19.0. The van der Waals surface area contributed by atoms with E-state index in [1.807, 2.05) is 18.2 Å². The summed E-state index contributed by atoms with van der Waals surface area (Å²) in [7, 11) is 1.65. The number of rotatable bonds is 5. The number of allylic oxidation sites excluding steroid dienone is 1. The molecule has 5 rings (SSSR count). The van der Waals surface area contributed by atoms with Crippen LogP contribution in [0.5, 0.6) is 5.75 Å². The van der Waals surface area contributed by atoms with Gasteiger partial charge in [0.25, 0.3) is 5.91 Å². The Labute approximate surface area is 194 Å². The van der Waals surface area contributed by atoms with E-state index in [0.29, 0.717) is 25.3 Å². The Hall–Kier alpha value is -3.19. The number of carbonyl (C=O) groups is 2. The van der Waals surface area contributed by atoms with Crippen molar-refractivity contribution in [1.82, 2.24) is 20.1 Å². The van der Waals surface area contributed by atoms with E-state index in [2.05, 4.69) is 33.9 Å². The van der Waals surface area contributed by atoms with Gasteiger partial charge in [0.15, 0.2) is 0 Å². The predicted octanol–water partition coefficient (Wildman–Crippen LogP) is 3.22. The maximum atomic E-state index is 13.0. The number of hydrogen-bond donors (Lipinski definition) is 1. The fourth-order valence-corrected chi connectivity index (χ4v) is 5.21. The van der Waals surface area contributed by atoms with Gasteiger partial charge in [-0.05, 0) is 74.0 Å². The molecule has 3 aliphatic heterocycles. The zero-order chi connectivity index (χ0) is 22.9. The molecule has 0 bridgehead atoms. The summed E-state index contributed by atoms with van der Waals surface area (Å²) < 4.78 is 5.19. The SMILES string of the molecule is C=C1CCC(N2Cc3cc(C4CCN(Cc5ccc(OC)cn5)CC4)ccc3C2=O)C(=O)N1. The summed E-state index contributed by atoms with van der Waals surface area (Å²) in [5.41, 5.74) is 4.86. The summed E-state index contributed by atoms with van der Waals surface area (Å²) in [4.78, 5) is 34.0. The minimum Gasteiger partial charge on any atom is -0.495 e. The third-order valence-corrected chi connectivity index (χ3v) is 7.14. The molecule has 0 spiro atoms. The monoisotopic (exact) mass is 446 g/mol. The van der Waals surface area contributed by atoms with Gasteiger partial charge < -0.3 is 15.0 Å². The van der Waals surface area contributed by atoms with Crippen LogP contribution in [-0.2, 0) is 17.9 Å². The third kappa shape index (κ3) is 4.37. The normalized spacial score (nSPS) is 21.8. The van der Waals surface area contributed by atoms with E-state index in [9.17, 15) is 9.59 Å². The van der Waals surface area contributed by atoms with Crippen LogP contribution in [0.2, 0.25) is 0 Å². The van der Waals surface area contributed by atoms with Crippen molar-refractivity contribution in [3.05, 3.63) is 71.2 Å². The molecule has 33 heavy (non-hydrogen) atoms. The number of piperidine rings is 2.